The highest BCUT2D eigenvalue weighted by Gasteiger charge is 2.40. The molecule has 0 saturated carbocycles. The molecule has 4 rings (SSSR count). The average Bonchev–Trinajstić information content (AvgIpc) is 2.59. The molecule has 1 aromatic heterocycles. The first-order valence-electron chi connectivity index (χ1n) is 9.18. The van der Waals surface area contributed by atoms with Crippen LogP contribution < -0.4 is 4.72 Å². The van der Waals surface area contributed by atoms with E-state index in [0.717, 1.165) is 44.7 Å². The highest BCUT2D eigenvalue weighted by atomic mass is 32.2. The minimum Gasteiger partial charge on any atom is -0.306 e. The van der Waals surface area contributed by atoms with Gasteiger partial charge in [0.25, 0.3) is 0 Å². The van der Waals surface area contributed by atoms with Gasteiger partial charge in [-0.1, -0.05) is 6.07 Å². The first-order valence-corrected chi connectivity index (χ1v) is 11.1. The molecule has 2 bridgehead atoms. The van der Waals surface area contributed by atoms with E-state index < -0.39 is 10.0 Å². The lowest BCUT2D eigenvalue weighted by Crippen LogP contribution is -2.58. The number of nitrogens with one attached hydrogen (secondary N) is 1. The Morgan fingerprint density at radius 1 is 1.40 bits per heavy atom. The Morgan fingerprint density at radius 3 is 2.88 bits per heavy atom. The van der Waals surface area contributed by atoms with Gasteiger partial charge in [-0.05, 0) is 50.4 Å². The van der Waals surface area contributed by atoms with Crippen LogP contribution in [0.4, 0.5) is 0 Å². The van der Waals surface area contributed by atoms with Crippen LogP contribution in [0.15, 0.2) is 24.4 Å². The second-order valence-electron chi connectivity index (χ2n) is 7.65. The van der Waals surface area contributed by atoms with Gasteiger partial charge in [0.05, 0.1) is 6.26 Å². The second kappa shape index (κ2) is 8.12. The van der Waals surface area contributed by atoms with Gasteiger partial charge in [0, 0.05) is 50.5 Å². The number of nitrogens with zero attached hydrogens (tertiary/aromatic N) is 3. The van der Waals surface area contributed by atoms with Crippen molar-refractivity contribution in [1.29, 1.82) is 0 Å². The smallest absolute Gasteiger partial charge is 0.208 e. The van der Waals surface area contributed by atoms with Crippen molar-refractivity contribution in [2.75, 3.05) is 46.0 Å². The van der Waals surface area contributed by atoms with E-state index in [9.17, 15) is 8.42 Å². The maximum absolute atomic E-state index is 11.3. The van der Waals surface area contributed by atoms with Gasteiger partial charge in [0.1, 0.15) is 0 Å². The molecule has 1 N–H and O–H groups in total. The van der Waals surface area contributed by atoms with Crippen LogP contribution in [0.5, 0.6) is 0 Å². The second-order valence-corrected chi connectivity index (χ2v) is 9.48. The maximum Gasteiger partial charge on any atom is 0.208 e. The Kier molecular flexibility index (Phi) is 6.09. The summed E-state index contributed by atoms with van der Waals surface area (Å²) in [7, 11) is -0.900. The molecule has 3 aliphatic heterocycles. The number of hydrogen-bond acceptors (Lipinski definition) is 5. The molecule has 140 valence electrons. The third-order valence-corrected chi connectivity index (χ3v) is 6.31. The van der Waals surface area contributed by atoms with Crippen LogP contribution in [0.2, 0.25) is 0 Å². The van der Waals surface area contributed by atoms with Gasteiger partial charge in [-0.2, -0.15) is 0 Å². The van der Waals surface area contributed by atoms with E-state index in [2.05, 4.69) is 32.6 Å². The van der Waals surface area contributed by atoms with Crippen molar-refractivity contribution in [2.45, 2.75) is 25.3 Å². The first-order chi connectivity index (χ1) is 11.9. The quantitative estimate of drug-likeness (QED) is 0.738. The van der Waals surface area contributed by atoms with Gasteiger partial charge in [-0.15, -0.1) is 0 Å². The Balaban J connectivity index is 1.45. The fourth-order valence-corrected chi connectivity index (χ4v) is 4.75. The molecular weight excluding hydrogens is 336 g/mol. The zero-order chi connectivity index (χ0) is 17.9. The normalized spacial score (nSPS) is 29.2. The van der Waals surface area contributed by atoms with E-state index in [4.69, 9.17) is 0 Å². The molecule has 0 aliphatic carbocycles. The van der Waals surface area contributed by atoms with Crippen molar-refractivity contribution < 1.29 is 8.42 Å². The van der Waals surface area contributed by atoms with Gasteiger partial charge in [0.15, 0.2) is 0 Å². The van der Waals surface area contributed by atoms with E-state index in [0.29, 0.717) is 24.4 Å². The molecule has 0 radical (unpaired) electrons. The van der Waals surface area contributed by atoms with Crippen LogP contribution in [0.3, 0.4) is 0 Å². The summed E-state index contributed by atoms with van der Waals surface area (Å²) in [5.74, 6) is 1.41. The Labute approximate surface area is 151 Å². The zero-order valence-electron chi connectivity index (χ0n) is 15.3. The highest BCUT2D eigenvalue weighted by molar-refractivity contribution is 7.88. The van der Waals surface area contributed by atoms with Crippen LogP contribution in [0, 0.1) is 11.8 Å². The molecule has 3 saturated heterocycles. The Hall–Kier alpha value is -1.02. The summed E-state index contributed by atoms with van der Waals surface area (Å²) in [5, 5.41) is 0. The zero-order valence-corrected chi connectivity index (χ0v) is 16.1. The van der Waals surface area contributed by atoms with Gasteiger partial charge in [-0.25, -0.2) is 13.1 Å². The summed E-state index contributed by atoms with van der Waals surface area (Å²) in [6, 6.07) is 6.45. The summed E-state index contributed by atoms with van der Waals surface area (Å²) < 4.78 is 25.4. The van der Waals surface area contributed by atoms with Crippen molar-refractivity contribution in [2.24, 2.45) is 11.8 Å². The monoisotopic (exact) mass is 366 g/mol. The molecule has 4 heterocycles. The topological polar surface area (TPSA) is 65.5 Å². The average molecular weight is 367 g/mol. The molecule has 3 fully saturated rings. The lowest BCUT2D eigenvalue weighted by molar-refractivity contribution is -0.00734. The molecule has 7 heteroatoms. The standard InChI is InChI=1S/C18H30N4O2S/c1-21(9-7-17-5-3-4-8-19-17)13-16-14-22-10-6-15(16)11-18(22)12-20-25(2,23)24/h3-5,8,15-16,18,20H,6-7,9-14H2,1-2H3/t15-,16-,18+/m0/s1. The van der Waals surface area contributed by atoms with Crippen LogP contribution in [-0.2, 0) is 16.4 Å². The summed E-state index contributed by atoms with van der Waals surface area (Å²) in [6.45, 7) is 4.89. The van der Waals surface area contributed by atoms with Gasteiger partial charge in [0.2, 0.25) is 10.0 Å². The van der Waals surface area contributed by atoms with Crippen molar-refractivity contribution in [1.82, 2.24) is 19.5 Å². The summed E-state index contributed by atoms with van der Waals surface area (Å²) >= 11 is 0. The van der Waals surface area contributed by atoms with E-state index in [-0.39, 0.29) is 0 Å². The van der Waals surface area contributed by atoms with Gasteiger partial charge >= 0.3 is 0 Å². The molecule has 0 spiro atoms. The predicted octanol–water partition coefficient (Wildman–Crippen LogP) is 0.816. The van der Waals surface area contributed by atoms with E-state index >= 15 is 0 Å². The molecule has 1 unspecified atom stereocenters. The number of likely N-dealkylation sites (N-methyl/N-ethyl adjacent to an activating group) is 1. The molecule has 6 nitrogen and oxygen atoms in total. The van der Waals surface area contributed by atoms with Gasteiger partial charge in [-0.3, -0.25) is 9.88 Å². The highest BCUT2D eigenvalue weighted by Crippen LogP contribution is 2.36. The fourth-order valence-electron chi connectivity index (χ4n) is 4.26. The molecule has 3 aliphatic rings. The minimum absolute atomic E-state index is 0.364. The lowest BCUT2D eigenvalue weighted by atomic mass is 9.75. The number of rotatable bonds is 8. The first kappa shape index (κ1) is 18.8. The molecule has 0 aromatic carbocycles. The number of sulfonamides is 1. The molecule has 0 amide bonds. The van der Waals surface area contributed by atoms with E-state index in [1.165, 1.54) is 12.7 Å². The van der Waals surface area contributed by atoms with Crippen molar-refractivity contribution in [3.8, 4) is 0 Å². The Morgan fingerprint density at radius 2 is 2.24 bits per heavy atom. The molecule has 1 aromatic rings. The summed E-state index contributed by atoms with van der Waals surface area (Å²) in [5.41, 5.74) is 1.15. The fraction of sp³-hybridized carbons (Fsp3) is 0.722. The van der Waals surface area contributed by atoms with Gasteiger partial charge < -0.3 is 4.90 Å². The largest absolute Gasteiger partial charge is 0.306 e. The number of piperidine rings is 3. The molecule has 4 atom stereocenters. The van der Waals surface area contributed by atoms with Crippen LogP contribution in [0.25, 0.3) is 0 Å². The summed E-state index contributed by atoms with van der Waals surface area (Å²) in [6.07, 6.45) is 6.44. The lowest BCUT2D eigenvalue weighted by Gasteiger charge is -2.50. The van der Waals surface area contributed by atoms with E-state index in [1.54, 1.807) is 0 Å². The third kappa shape index (κ3) is 5.48. The molecule has 25 heavy (non-hydrogen) atoms. The number of aromatic nitrogens is 1. The van der Waals surface area contributed by atoms with Crippen molar-refractivity contribution in [3.63, 3.8) is 0 Å². The minimum atomic E-state index is -3.10. The number of pyridine rings is 1. The van der Waals surface area contributed by atoms with E-state index in [1.807, 2.05) is 18.3 Å². The predicted molar refractivity (Wildman–Crippen MR) is 99.9 cm³/mol. The van der Waals surface area contributed by atoms with Crippen LogP contribution >= 0.6 is 0 Å². The Bertz CT molecular complexity index is 652. The third-order valence-electron chi connectivity index (χ3n) is 5.62. The van der Waals surface area contributed by atoms with Crippen LogP contribution in [-0.4, -0.2) is 75.3 Å². The van der Waals surface area contributed by atoms with Crippen molar-refractivity contribution in [3.05, 3.63) is 30.1 Å². The SMILES string of the molecule is CN(CCc1ccccn1)C[C@H]1CN2CC[C@H]1C[C@@H]2CNS(C)(=O)=O. The maximum atomic E-state index is 11.3. The van der Waals surface area contributed by atoms with Crippen LogP contribution in [0.1, 0.15) is 18.5 Å². The number of hydrogen-bond donors (Lipinski definition) is 1. The molecular formula is C18H30N4O2S. The number of fused-ring (bicyclic) bond motifs is 3. The van der Waals surface area contributed by atoms with Crippen molar-refractivity contribution >= 4 is 10.0 Å². The summed E-state index contributed by atoms with van der Waals surface area (Å²) in [4.78, 5) is 9.30.